The van der Waals surface area contributed by atoms with Gasteiger partial charge in [-0.2, -0.15) is 0 Å². The van der Waals surface area contributed by atoms with Crippen molar-refractivity contribution in [2.75, 3.05) is 46.1 Å². The lowest BCUT2D eigenvalue weighted by molar-refractivity contribution is -0.385. The number of hydrogen-bond donors (Lipinski definition) is 0. The zero-order valence-electron chi connectivity index (χ0n) is 16.3. The Hall–Kier alpha value is -2.68. The van der Waals surface area contributed by atoms with Gasteiger partial charge in [-0.05, 0) is 12.1 Å². The van der Waals surface area contributed by atoms with Crippen LogP contribution in [0.25, 0.3) is 0 Å². The lowest BCUT2D eigenvalue weighted by Crippen LogP contribution is -2.47. The smallest absolute Gasteiger partial charge is 0.270 e. The normalized spacial score (nSPS) is 17.4. The predicted octanol–water partition coefficient (Wildman–Crippen LogP) is 2.66. The zero-order chi connectivity index (χ0) is 20.1. The van der Waals surface area contributed by atoms with Gasteiger partial charge in [0.15, 0.2) is 6.79 Å². The van der Waals surface area contributed by atoms with Crippen molar-refractivity contribution >= 4 is 5.69 Å². The van der Waals surface area contributed by atoms with Crippen molar-refractivity contribution in [3.8, 4) is 11.5 Å². The largest absolute Gasteiger partial charge is 0.492 e. The minimum absolute atomic E-state index is 0.0875. The molecule has 1 fully saturated rings. The molecule has 2 aromatic carbocycles. The van der Waals surface area contributed by atoms with Crippen LogP contribution in [0.1, 0.15) is 11.1 Å². The number of nitrogens with zero attached hydrogens (tertiary/aromatic N) is 3. The van der Waals surface area contributed by atoms with E-state index in [4.69, 9.17) is 14.2 Å². The highest BCUT2D eigenvalue weighted by atomic mass is 16.7. The first kappa shape index (κ1) is 19.6. The number of non-ortho nitro benzene ring substituents is 1. The summed E-state index contributed by atoms with van der Waals surface area (Å²) in [6.07, 6.45) is 0. The second-order valence-corrected chi connectivity index (χ2v) is 7.24. The molecule has 2 aromatic rings. The summed E-state index contributed by atoms with van der Waals surface area (Å²) in [6.45, 7) is 6.41. The van der Waals surface area contributed by atoms with Crippen molar-refractivity contribution < 1.29 is 19.1 Å². The van der Waals surface area contributed by atoms with Crippen LogP contribution >= 0.6 is 0 Å². The lowest BCUT2D eigenvalue weighted by atomic mass is 10.1. The van der Waals surface area contributed by atoms with E-state index in [1.54, 1.807) is 12.1 Å². The summed E-state index contributed by atoms with van der Waals surface area (Å²) < 4.78 is 16.7. The van der Waals surface area contributed by atoms with E-state index in [2.05, 4.69) is 9.80 Å². The number of hydrogen-bond acceptors (Lipinski definition) is 7. The van der Waals surface area contributed by atoms with E-state index in [9.17, 15) is 10.1 Å². The SMILES string of the molecule is O=[N+]([O-])c1cc2c(c(CN3CCN(CCOc4ccccc4)CC3)c1)OCOC2. The minimum atomic E-state index is -0.358. The first-order valence-electron chi connectivity index (χ1n) is 9.82. The Morgan fingerprint density at radius 2 is 1.83 bits per heavy atom. The number of benzene rings is 2. The van der Waals surface area contributed by atoms with Gasteiger partial charge in [0.25, 0.3) is 5.69 Å². The summed E-state index contributed by atoms with van der Waals surface area (Å²) >= 11 is 0. The highest BCUT2D eigenvalue weighted by Gasteiger charge is 2.24. The minimum Gasteiger partial charge on any atom is -0.492 e. The summed E-state index contributed by atoms with van der Waals surface area (Å²) in [5.74, 6) is 1.63. The molecule has 8 nitrogen and oxygen atoms in total. The molecule has 0 N–H and O–H groups in total. The molecule has 0 saturated carbocycles. The Morgan fingerprint density at radius 1 is 1.07 bits per heavy atom. The van der Waals surface area contributed by atoms with Gasteiger partial charge in [0.05, 0.1) is 11.5 Å². The fraction of sp³-hybridized carbons (Fsp3) is 0.429. The van der Waals surface area contributed by atoms with Crippen molar-refractivity contribution in [1.29, 1.82) is 0 Å². The standard InChI is InChI=1S/C21H25N3O5/c25-24(26)19-12-17(21-18(13-19)15-27-16-29-21)14-23-8-6-22(7-9-23)10-11-28-20-4-2-1-3-5-20/h1-5,12-13H,6-11,14-16H2. The van der Waals surface area contributed by atoms with E-state index < -0.39 is 0 Å². The topological polar surface area (TPSA) is 77.3 Å². The van der Waals surface area contributed by atoms with Crippen molar-refractivity contribution in [3.05, 3.63) is 63.7 Å². The summed E-state index contributed by atoms with van der Waals surface area (Å²) in [4.78, 5) is 15.6. The Morgan fingerprint density at radius 3 is 2.59 bits per heavy atom. The van der Waals surface area contributed by atoms with Crippen LogP contribution in [-0.4, -0.2) is 60.8 Å². The van der Waals surface area contributed by atoms with Gasteiger partial charge >= 0.3 is 0 Å². The van der Waals surface area contributed by atoms with Crippen LogP contribution in [-0.2, 0) is 17.9 Å². The Balaban J connectivity index is 1.30. The van der Waals surface area contributed by atoms with E-state index in [-0.39, 0.29) is 17.4 Å². The fourth-order valence-corrected chi connectivity index (χ4v) is 3.72. The van der Waals surface area contributed by atoms with Gasteiger partial charge in [-0.3, -0.25) is 19.9 Å². The van der Waals surface area contributed by atoms with Gasteiger partial charge in [-0.1, -0.05) is 18.2 Å². The van der Waals surface area contributed by atoms with Gasteiger partial charge in [0.2, 0.25) is 0 Å². The molecule has 0 amide bonds. The zero-order valence-corrected chi connectivity index (χ0v) is 16.3. The second-order valence-electron chi connectivity index (χ2n) is 7.24. The van der Waals surface area contributed by atoms with Gasteiger partial charge in [-0.25, -0.2) is 0 Å². The van der Waals surface area contributed by atoms with Crippen LogP contribution in [0.5, 0.6) is 11.5 Å². The molecule has 4 rings (SSSR count). The summed E-state index contributed by atoms with van der Waals surface area (Å²) in [5.41, 5.74) is 1.69. The third-order valence-corrected chi connectivity index (χ3v) is 5.26. The highest BCUT2D eigenvalue weighted by molar-refractivity contribution is 5.50. The third-order valence-electron chi connectivity index (χ3n) is 5.26. The first-order valence-corrected chi connectivity index (χ1v) is 9.82. The van der Waals surface area contributed by atoms with Crippen LogP contribution in [0.2, 0.25) is 0 Å². The molecule has 0 aromatic heterocycles. The van der Waals surface area contributed by atoms with Gasteiger partial charge in [-0.15, -0.1) is 0 Å². The molecule has 8 heteroatoms. The van der Waals surface area contributed by atoms with Crippen molar-refractivity contribution in [2.45, 2.75) is 13.2 Å². The molecule has 2 aliphatic heterocycles. The molecule has 0 atom stereocenters. The number of piperazine rings is 1. The van der Waals surface area contributed by atoms with E-state index in [0.717, 1.165) is 55.3 Å². The number of para-hydroxylation sites is 1. The summed E-state index contributed by atoms with van der Waals surface area (Å²) in [6, 6.07) is 13.0. The molecular formula is C21H25N3O5. The van der Waals surface area contributed by atoms with Crippen molar-refractivity contribution in [2.24, 2.45) is 0 Å². The molecule has 29 heavy (non-hydrogen) atoms. The monoisotopic (exact) mass is 399 g/mol. The summed E-state index contributed by atoms with van der Waals surface area (Å²) in [7, 11) is 0. The second kappa shape index (κ2) is 9.21. The maximum absolute atomic E-state index is 11.3. The van der Waals surface area contributed by atoms with Gasteiger partial charge in [0, 0.05) is 62.5 Å². The van der Waals surface area contributed by atoms with Crippen LogP contribution in [0.3, 0.4) is 0 Å². The molecular weight excluding hydrogens is 374 g/mol. The van der Waals surface area contributed by atoms with Crippen LogP contribution < -0.4 is 9.47 Å². The van der Waals surface area contributed by atoms with Crippen LogP contribution in [0, 0.1) is 10.1 Å². The van der Waals surface area contributed by atoms with E-state index in [1.165, 1.54) is 0 Å². The number of fused-ring (bicyclic) bond motifs is 1. The number of nitro benzene ring substituents is 1. The molecule has 0 spiro atoms. The van der Waals surface area contributed by atoms with Gasteiger partial charge in [0.1, 0.15) is 18.1 Å². The Labute approximate surface area is 169 Å². The third kappa shape index (κ3) is 5.03. The molecule has 154 valence electrons. The average Bonchev–Trinajstić information content (AvgIpc) is 2.75. The highest BCUT2D eigenvalue weighted by Crippen LogP contribution is 2.33. The molecule has 2 heterocycles. The maximum atomic E-state index is 11.3. The van der Waals surface area contributed by atoms with E-state index >= 15 is 0 Å². The molecule has 0 radical (unpaired) electrons. The molecule has 0 bridgehead atoms. The Kier molecular flexibility index (Phi) is 6.24. The van der Waals surface area contributed by atoms with Crippen molar-refractivity contribution in [3.63, 3.8) is 0 Å². The number of ether oxygens (including phenoxy) is 3. The summed E-state index contributed by atoms with van der Waals surface area (Å²) in [5, 5.41) is 11.3. The lowest BCUT2D eigenvalue weighted by Gasteiger charge is -2.35. The fourth-order valence-electron chi connectivity index (χ4n) is 3.72. The van der Waals surface area contributed by atoms with E-state index in [1.807, 2.05) is 30.3 Å². The quantitative estimate of drug-likeness (QED) is 0.523. The van der Waals surface area contributed by atoms with Gasteiger partial charge < -0.3 is 14.2 Å². The Bertz CT molecular complexity index is 838. The maximum Gasteiger partial charge on any atom is 0.270 e. The first-order chi connectivity index (χ1) is 14.2. The molecule has 0 unspecified atom stereocenters. The van der Waals surface area contributed by atoms with Crippen molar-refractivity contribution in [1.82, 2.24) is 9.80 Å². The number of nitro groups is 1. The number of rotatable bonds is 7. The van der Waals surface area contributed by atoms with Crippen LogP contribution in [0.4, 0.5) is 5.69 Å². The predicted molar refractivity (Wildman–Crippen MR) is 107 cm³/mol. The molecule has 0 aliphatic carbocycles. The molecule has 1 saturated heterocycles. The molecule has 2 aliphatic rings. The average molecular weight is 399 g/mol. The van der Waals surface area contributed by atoms with E-state index in [0.29, 0.717) is 19.8 Å². The van der Waals surface area contributed by atoms with Crippen LogP contribution in [0.15, 0.2) is 42.5 Å².